The molecule has 1 unspecified atom stereocenters. The summed E-state index contributed by atoms with van der Waals surface area (Å²) >= 11 is 5.93. The molecule has 0 radical (unpaired) electrons. The molecule has 5 N–H and O–H groups in total. The van der Waals surface area contributed by atoms with E-state index in [0.717, 1.165) is 5.56 Å². The Hall–Kier alpha value is -1.62. The van der Waals surface area contributed by atoms with E-state index >= 15 is 0 Å². The van der Waals surface area contributed by atoms with Crippen molar-refractivity contribution in [1.82, 2.24) is 5.43 Å². The SMILES string of the molecule is NNC(c1cccc(Cl)c1)c1cc(F)ccc1N. The van der Waals surface area contributed by atoms with Crippen molar-refractivity contribution in [3.8, 4) is 0 Å². The summed E-state index contributed by atoms with van der Waals surface area (Å²) in [7, 11) is 0. The minimum atomic E-state index is -0.403. The quantitative estimate of drug-likeness (QED) is 0.454. The Morgan fingerprint density at radius 1 is 1.17 bits per heavy atom. The monoisotopic (exact) mass is 265 g/mol. The molecule has 0 aliphatic carbocycles. The molecule has 0 aliphatic rings. The van der Waals surface area contributed by atoms with Crippen molar-refractivity contribution in [1.29, 1.82) is 0 Å². The average molecular weight is 266 g/mol. The molecule has 2 aromatic rings. The van der Waals surface area contributed by atoms with Gasteiger partial charge < -0.3 is 5.73 Å². The third-order valence-electron chi connectivity index (χ3n) is 2.71. The van der Waals surface area contributed by atoms with Crippen LogP contribution in [0.4, 0.5) is 10.1 Å². The molecular formula is C13H13ClFN3. The Morgan fingerprint density at radius 3 is 2.61 bits per heavy atom. The van der Waals surface area contributed by atoms with Gasteiger partial charge in [-0.3, -0.25) is 5.84 Å². The highest BCUT2D eigenvalue weighted by molar-refractivity contribution is 6.30. The molecule has 18 heavy (non-hydrogen) atoms. The van der Waals surface area contributed by atoms with E-state index in [1.807, 2.05) is 6.07 Å². The molecule has 0 aromatic heterocycles. The topological polar surface area (TPSA) is 64.1 Å². The highest BCUT2D eigenvalue weighted by Gasteiger charge is 2.16. The molecule has 0 saturated carbocycles. The van der Waals surface area contributed by atoms with Crippen LogP contribution in [0.1, 0.15) is 17.2 Å². The second-order valence-electron chi connectivity index (χ2n) is 3.93. The molecule has 2 aromatic carbocycles. The van der Waals surface area contributed by atoms with Crippen LogP contribution in [0.2, 0.25) is 5.02 Å². The smallest absolute Gasteiger partial charge is 0.123 e. The summed E-state index contributed by atoms with van der Waals surface area (Å²) in [5, 5.41) is 0.586. The number of nitrogen functional groups attached to an aromatic ring is 1. The van der Waals surface area contributed by atoms with Gasteiger partial charge in [-0.15, -0.1) is 0 Å². The van der Waals surface area contributed by atoms with Gasteiger partial charge in [0.05, 0.1) is 6.04 Å². The van der Waals surface area contributed by atoms with Crippen LogP contribution in [0.15, 0.2) is 42.5 Å². The van der Waals surface area contributed by atoms with Crippen LogP contribution < -0.4 is 17.0 Å². The first kappa shape index (κ1) is 12.8. The minimum absolute atomic E-state index is 0.360. The molecule has 0 heterocycles. The van der Waals surface area contributed by atoms with Crippen molar-refractivity contribution in [2.24, 2.45) is 5.84 Å². The second-order valence-corrected chi connectivity index (χ2v) is 4.36. The van der Waals surface area contributed by atoms with E-state index in [1.54, 1.807) is 18.2 Å². The molecule has 94 valence electrons. The Morgan fingerprint density at radius 2 is 1.94 bits per heavy atom. The van der Waals surface area contributed by atoms with Crippen LogP contribution in [-0.2, 0) is 0 Å². The Kier molecular flexibility index (Phi) is 3.81. The number of nitrogens with one attached hydrogen (secondary N) is 1. The summed E-state index contributed by atoms with van der Waals surface area (Å²) in [4.78, 5) is 0. The summed E-state index contributed by atoms with van der Waals surface area (Å²) in [5.41, 5.74) is 10.3. The lowest BCUT2D eigenvalue weighted by atomic mass is 9.98. The van der Waals surface area contributed by atoms with Gasteiger partial charge in [-0.1, -0.05) is 23.7 Å². The fraction of sp³-hybridized carbons (Fsp3) is 0.0769. The van der Waals surface area contributed by atoms with E-state index in [4.69, 9.17) is 23.2 Å². The van der Waals surface area contributed by atoms with Gasteiger partial charge in [0.15, 0.2) is 0 Å². The maximum atomic E-state index is 13.3. The van der Waals surface area contributed by atoms with Crippen molar-refractivity contribution < 1.29 is 4.39 Å². The van der Waals surface area contributed by atoms with Gasteiger partial charge >= 0.3 is 0 Å². The summed E-state index contributed by atoms with van der Waals surface area (Å²) in [5.74, 6) is 5.18. The molecule has 5 heteroatoms. The summed E-state index contributed by atoms with van der Waals surface area (Å²) in [6, 6.07) is 11.0. The lowest BCUT2D eigenvalue weighted by molar-refractivity contribution is 0.606. The number of hydrogen-bond acceptors (Lipinski definition) is 3. The number of hydrogen-bond donors (Lipinski definition) is 3. The number of anilines is 1. The number of halogens is 2. The standard InChI is InChI=1S/C13H13ClFN3/c14-9-3-1-2-8(6-9)13(18-17)11-7-10(15)4-5-12(11)16/h1-7,13,18H,16-17H2. The van der Waals surface area contributed by atoms with Crippen molar-refractivity contribution in [2.75, 3.05) is 5.73 Å². The fourth-order valence-corrected chi connectivity index (χ4v) is 2.05. The largest absolute Gasteiger partial charge is 0.398 e. The van der Waals surface area contributed by atoms with Crippen LogP contribution in [0.3, 0.4) is 0 Å². The Bertz CT molecular complexity index is 560. The predicted molar refractivity (Wildman–Crippen MR) is 71.4 cm³/mol. The van der Waals surface area contributed by atoms with Gasteiger partial charge in [0, 0.05) is 16.3 Å². The first-order chi connectivity index (χ1) is 8.61. The van der Waals surface area contributed by atoms with Crippen LogP contribution >= 0.6 is 11.6 Å². The molecule has 0 aliphatic heterocycles. The summed E-state index contributed by atoms with van der Waals surface area (Å²) in [6.45, 7) is 0. The molecule has 1 atom stereocenters. The van der Waals surface area contributed by atoms with Gasteiger partial charge in [-0.2, -0.15) is 0 Å². The minimum Gasteiger partial charge on any atom is -0.398 e. The molecule has 3 nitrogen and oxygen atoms in total. The van der Waals surface area contributed by atoms with E-state index in [-0.39, 0.29) is 5.82 Å². The van der Waals surface area contributed by atoms with Gasteiger partial charge in [0.2, 0.25) is 0 Å². The molecule has 0 spiro atoms. The predicted octanol–water partition coefficient (Wildman–Crippen LogP) is 2.61. The Labute approximate surface area is 110 Å². The molecular weight excluding hydrogens is 253 g/mol. The van der Waals surface area contributed by atoms with Gasteiger partial charge in [0.25, 0.3) is 0 Å². The van der Waals surface area contributed by atoms with Crippen LogP contribution in [0, 0.1) is 5.82 Å². The van der Waals surface area contributed by atoms with Crippen molar-refractivity contribution in [3.63, 3.8) is 0 Å². The summed E-state index contributed by atoms with van der Waals surface area (Å²) < 4.78 is 13.3. The van der Waals surface area contributed by atoms with Gasteiger partial charge in [0.1, 0.15) is 5.82 Å². The van der Waals surface area contributed by atoms with Gasteiger partial charge in [-0.25, -0.2) is 9.82 Å². The van der Waals surface area contributed by atoms with Crippen LogP contribution in [-0.4, -0.2) is 0 Å². The average Bonchev–Trinajstić information content (AvgIpc) is 2.35. The lowest BCUT2D eigenvalue weighted by Gasteiger charge is -2.19. The first-order valence-corrected chi connectivity index (χ1v) is 5.76. The van der Waals surface area contributed by atoms with Crippen molar-refractivity contribution in [2.45, 2.75) is 6.04 Å². The zero-order valence-electron chi connectivity index (χ0n) is 9.53. The van der Waals surface area contributed by atoms with Crippen LogP contribution in [0.5, 0.6) is 0 Å². The lowest BCUT2D eigenvalue weighted by Crippen LogP contribution is -2.29. The third-order valence-corrected chi connectivity index (χ3v) is 2.94. The number of hydrazine groups is 1. The van der Waals surface area contributed by atoms with E-state index in [9.17, 15) is 4.39 Å². The van der Waals surface area contributed by atoms with Crippen LogP contribution in [0.25, 0.3) is 0 Å². The molecule has 0 saturated heterocycles. The maximum absolute atomic E-state index is 13.3. The van der Waals surface area contributed by atoms with Gasteiger partial charge in [-0.05, 0) is 35.9 Å². The fourth-order valence-electron chi connectivity index (χ4n) is 1.85. The molecule has 2 rings (SSSR count). The maximum Gasteiger partial charge on any atom is 0.123 e. The summed E-state index contributed by atoms with van der Waals surface area (Å²) in [6.07, 6.45) is 0. The first-order valence-electron chi connectivity index (χ1n) is 5.38. The second kappa shape index (κ2) is 5.35. The molecule has 0 fully saturated rings. The third kappa shape index (κ3) is 2.61. The number of rotatable bonds is 3. The van der Waals surface area contributed by atoms with E-state index in [0.29, 0.717) is 16.3 Å². The van der Waals surface area contributed by atoms with E-state index in [1.165, 1.54) is 18.2 Å². The van der Waals surface area contributed by atoms with E-state index < -0.39 is 6.04 Å². The highest BCUT2D eigenvalue weighted by atomic mass is 35.5. The van der Waals surface area contributed by atoms with Crippen molar-refractivity contribution >= 4 is 17.3 Å². The van der Waals surface area contributed by atoms with Crippen molar-refractivity contribution in [3.05, 3.63) is 64.4 Å². The molecule has 0 bridgehead atoms. The Balaban J connectivity index is 2.48. The van der Waals surface area contributed by atoms with E-state index in [2.05, 4.69) is 5.43 Å². The zero-order valence-corrected chi connectivity index (χ0v) is 10.3. The zero-order chi connectivity index (χ0) is 13.1. The number of nitrogens with two attached hydrogens (primary N) is 2. The normalized spacial score (nSPS) is 12.4. The molecule has 0 amide bonds. The highest BCUT2D eigenvalue weighted by Crippen LogP contribution is 2.28. The number of benzene rings is 2.